The van der Waals surface area contributed by atoms with E-state index in [9.17, 15) is 18.0 Å². The van der Waals surface area contributed by atoms with Crippen molar-refractivity contribution in [1.29, 1.82) is 0 Å². The van der Waals surface area contributed by atoms with Crippen molar-refractivity contribution in [1.82, 2.24) is 10.2 Å². The lowest BCUT2D eigenvalue weighted by molar-refractivity contribution is -0.139. The Morgan fingerprint density at radius 3 is 2.12 bits per heavy atom. The number of hydrogen-bond donors (Lipinski definition) is 1. The molecule has 214 valence electrons. The largest absolute Gasteiger partial charge is 0.354 e. The second-order valence-corrected chi connectivity index (χ2v) is 12.8. The van der Waals surface area contributed by atoms with Crippen LogP contribution in [0.5, 0.6) is 0 Å². The quantitative estimate of drug-likeness (QED) is 0.291. The number of nitrogens with one attached hydrogen (secondary N) is 1. The Bertz CT molecular complexity index is 1460. The second-order valence-electron chi connectivity index (χ2n) is 10.1. The van der Waals surface area contributed by atoms with Crippen molar-refractivity contribution >= 4 is 50.7 Å². The van der Waals surface area contributed by atoms with Gasteiger partial charge in [-0.15, -0.1) is 0 Å². The van der Waals surface area contributed by atoms with E-state index < -0.39 is 28.5 Å². The van der Waals surface area contributed by atoms with Gasteiger partial charge in [-0.2, -0.15) is 0 Å². The molecule has 40 heavy (non-hydrogen) atoms. The van der Waals surface area contributed by atoms with Gasteiger partial charge in [0.15, 0.2) is 0 Å². The van der Waals surface area contributed by atoms with Crippen LogP contribution in [-0.4, -0.2) is 44.3 Å². The fourth-order valence-corrected chi connectivity index (χ4v) is 5.90. The number of sulfonamides is 1. The minimum Gasteiger partial charge on any atom is -0.354 e. The van der Waals surface area contributed by atoms with Crippen molar-refractivity contribution in [2.45, 2.75) is 52.1 Å². The van der Waals surface area contributed by atoms with Gasteiger partial charge in [-0.1, -0.05) is 79.0 Å². The molecule has 0 fully saturated rings. The van der Waals surface area contributed by atoms with Gasteiger partial charge in [-0.3, -0.25) is 13.9 Å². The Balaban J connectivity index is 2.07. The zero-order valence-corrected chi connectivity index (χ0v) is 25.6. The maximum atomic E-state index is 14.0. The Hall–Kier alpha value is -3.07. The van der Waals surface area contributed by atoms with Crippen LogP contribution in [0.4, 0.5) is 5.69 Å². The van der Waals surface area contributed by atoms with Crippen molar-refractivity contribution in [3.05, 3.63) is 93.5 Å². The summed E-state index contributed by atoms with van der Waals surface area (Å²) in [5.41, 5.74) is 2.31. The van der Waals surface area contributed by atoms with Crippen molar-refractivity contribution in [3.63, 3.8) is 0 Å². The highest BCUT2D eigenvalue weighted by molar-refractivity contribution is 7.92. The first-order chi connectivity index (χ1) is 18.8. The van der Waals surface area contributed by atoms with Gasteiger partial charge in [0.1, 0.15) is 12.6 Å². The molecule has 0 spiro atoms. The maximum Gasteiger partial charge on any atom is 0.264 e. The van der Waals surface area contributed by atoms with Crippen LogP contribution >= 0.6 is 23.2 Å². The fourth-order valence-electron chi connectivity index (χ4n) is 4.06. The predicted molar refractivity (Wildman–Crippen MR) is 161 cm³/mol. The van der Waals surface area contributed by atoms with E-state index in [4.69, 9.17) is 23.2 Å². The average Bonchev–Trinajstić information content (AvgIpc) is 2.91. The SMILES string of the molecule is Cc1ccc(S(=O)(=O)N(CC(=O)N(Cc2ccccc2Cl)[C@@H](C)C(=O)NCC(C)C)c2cccc(Cl)c2C)cc1. The number of amides is 2. The van der Waals surface area contributed by atoms with Crippen LogP contribution < -0.4 is 9.62 Å². The predicted octanol–water partition coefficient (Wildman–Crippen LogP) is 6.00. The van der Waals surface area contributed by atoms with Gasteiger partial charge in [0.2, 0.25) is 11.8 Å². The molecule has 0 bridgehead atoms. The van der Waals surface area contributed by atoms with Gasteiger partial charge < -0.3 is 10.2 Å². The topological polar surface area (TPSA) is 86.8 Å². The third kappa shape index (κ3) is 7.56. The van der Waals surface area contributed by atoms with Crippen LogP contribution in [0.15, 0.2) is 71.6 Å². The summed E-state index contributed by atoms with van der Waals surface area (Å²) >= 11 is 12.8. The van der Waals surface area contributed by atoms with E-state index in [2.05, 4.69) is 5.32 Å². The van der Waals surface area contributed by atoms with Crippen molar-refractivity contribution in [2.75, 3.05) is 17.4 Å². The molecular formula is C30H35Cl2N3O4S. The molecule has 2 amide bonds. The van der Waals surface area contributed by atoms with Gasteiger partial charge in [0, 0.05) is 23.1 Å². The van der Waals surface area contributed by atoms with Gasteiger partial charge in [-0.25, -0.2) is 8.42 Å². The van der Waals surface area contributed by atoms with Crippen LogP contribution in [0, 0.1) is 19.8 Å². The molecule has 0 heterocycles. The zero-order valence-electron chi connectivity index (χ0n) is 23.3. The first-order valence-electron chi connectivity index (χ1n) is 13.0. The van der Waals surface area contributed by atoms with Gasteiger partial charge in [0.25, 0.3) is 10.0 Å². The third-order valence-corrected chi connectivity index (χ3v) is 9.10. The Labute approximate surface area is 247 Å². The lowest BCUT2D eigenvalue weighted by Crippen LogP contribution is -2.51. The van der Waals surface area contributed by atoms with E-state index in [0.717, 1.165) is 9.87 Å². The zero-order chi connectivity index (χ0) is 29.6. The number of halogens is 2. The molecule has 0 saturated carbocycles. The number of aryl methyl sites for hydroxylation is 1. The van der Waals surface area contributed by atoms with E-state index in [-0.39, 0.29) is 29.0 Å². The lowest BCUT2D eigenvalue weighted by Gasteiger charge is -2.32. The van der Waals surface area contributed by atoms with Crippen LogP contribution in [0.3, 0.4) is 0 Å². The maximum absolute atomic E-state index is 14.0. The van der Waals surface area contributed by atoms with Gasteiger partial charge in [-0.05, 0) is 68.1 Å². The normalized spacial score (nSPS) is 12.2. The number of rotatable bonds is 11. The molecule has 10 heteroatoms. The number of anilines is 1. The highest BCUT2D eigenvalue weighted by Gasteiger charge is 2.33. The first-order valence-corrected chi connectivity index (χ1v) is 15.2. The van der Waals surface area contributed by atoms with E-state index in [1.807, 2.05) is 20.8 Å². The summed E-state index contributed by atoms with van der Waals surface area (Å²) in [4.78, 5) is 28.5. The summed E-state index contributed by atoms with van der Waals surface area (Å²) in [5.74, 6) is -0.701. The summed E-state index contributed by atoms with van der Waals surface area (Å²) < 4.78 is 29.0. The van der Waals surface area contributed by atoms with Crippen molar-refractivity contribution < 1.29 is 18.0 Å². The minimum atomic E-state index is -4.19. The van der Waals surface area contributed by atoms with E-state index in [1.54, 1.807) is 68.4 Å². The Kier molecular flexibility index (Phi) is 10.6. The molecule has 3 aromatic carbocycles. The molecule has 3 aromatic rings. The summed E-state index contributed by atoms with van der Waals surface area (Å²) in [7, 11) is -4.19. The number of hydrogen-bond acceptors (Lipinski definition) is 4. The summed E-state index contributed by atoms with van der Waals surface area (Å²) in [6, 6.07) is 17.4. The fraction of sp³-hybridized carbons (Fsp3) is 0.333. The molecule has 7 nitrogen and oxygen atoms in total. The van der Waals surface area contributed by atoms with Crippen molar-refractivity contribution in [3.8, 4) is 0 Å². The molecule has 0 aliphatic carbocycles. The highest BCUT2D eigenvalue weighted by atomic mass is 35.5. The van der Waals surface area contributed by atoms with Crippen LogP contribution in [0.1, 0.15) is 37.5 Å². The first kappa shape index (κ1) is 31.5. The number of carbonyl (C=O) groups is 2. The van der Waals surface area contributed by atoms with Crippen molar-refractivity contribution in [2.24, 2.45) is 5.92 Å². The smallest absolute Gasteiger partial charge is 0.264 e. The molecule has 0 saturated heterocycles. The third-order valence-electron chi connectivity index (χ3n) is 6.55. The molecule has 0 radical (unpaired) electrons. The molecule has 0 aliphatic heterocycles. The number of nitrogens with zero attached hydrogens (tertiary/aromatic N) is 2. The lowest BCUT2D eigenvalue weighted by atomic mass is 10.1. The average molecular weight is 605 g/mol. The van der Waals surface area contributed by atoms with E-state index in [0.29, 0.717) is 27.7 Å². The second kappa shape index (κ2) is 13.5. The molecule has 0 unspecified atom stereocenters. The standard InChI is InChI=1S/C30H35Cl2N3O4S/c1-20(2)17-33-30(37)23(5)34(18-24-9-6-7-10-27(24)32)29(36)19-35(28-12-8-11-26(31)22(28)4)40(38,39)25-15-13-21(3)14-16-25/h6-16,20,23H,17-19H2,1-5H3,(H,33,37)/t23-/m0/s1. The van der Waals surface area contributed by atoms with Crippen LogP contribution in [0.2, 0.25) is 10.0 Å². The molecule has 3 rings (SSSR count). The molecule has 1 N–H and O–H groups in total. The monoisotopic (exact) mass is 603 g/mol. The highest BCUT2D eigenvalue weighted by Crippen LogP contribution is 2.31. The molecule has 1 atom stereocenters. The van der Waals surface area contributed by atoms with E-state index in [1.165, 1.54) is 17.0 Å². The Morgan fingerprint density at radius 1 is 0.875 bits per heavy atom. The summed E-state index contributed by atoms with van der Waals surface area (Å²) in [6.45, 7) is 9.02. The van der Waals surface area contributed by atoms with Crippen LogP contribution in [0.25, 0.3) is 0 Å². The summed E-state index contributed by atoms with van der Waals surface area (Å²) in [5, 5.41) is 3.66. The summed E-state index contributed by atoms with van der Waals surface area (Å²) in [6.07, 6.45) is 0. The Morgan fingerprint density at radius 2 is 1.50 bits per heavy atom. The molecular weight excluding hydrogens is 569 g/mol. The van der Waals surface area contributed by atoms with Crippen LogP contribution in [-0.2, 0) is 26.2 Å². The molecule has 0 aromatic heterocycles. The number of carbonyl (C=O) groups excluding carboxylic acids is 2. The van der Waals surface area contributed by atoms with E-state index >= 15 is 0 Å². The minimum absolute atomic E-state index is 0.0156. The molecule has 0 aliphatic rings. The van der Waals surface area contributed by atoms with Gasteiger partial charge >= 0.3 is 0 Å². The van der Waals surface area contributed by atoms with Gasteiger partial charge in [0.05, 0.1) is 10.6 Å². The number of benzene rings is 3.